The largest absolute Gasteiger partial charge is 0.494 e. The van der Waals surface area contributed by atoms with E-state index >= 15 is 0 Å². The number of nitrogens with two attached hydrogens (primary N) is 2. The molecule has 0 unspecified atom stereocenters. The zero-order valence-corrected chi connectivity index (χ0v) is 15.2. The molecule has 136 valence electrons. The van der Waals surface area contributed by atoms with E-state index in [1.54, 1.807) is 10.9 Å². The number of anilines is 1. The van der Waals surface area contributed by atoms with Crippen molar-refractivity contribution in [1.82, 2.24) is 14.8 Å². The van der Waals surface area contributed by atoms with Gasteiger partial charge in [-0.1, -0.05) is 13.8 Å². The first-order valence-electron chi connectivity index (χ1n) is 8.59. The van der Waals surface area contributed by atoms with Gasteiger partial charge >= 0.3 is 0 Å². The van der Waals surface area contributed by atoms with Crippen molar-refractivity contribution >= 4 is 22.6 Å². The molecule has 0 fully saturated rings. The van der Waals surface area contributed by atoms with Gasteiger partial charge in [-0.05, 0) is 31.0 Å². The van der Waals surface area contributed by atoms with Crippen molar-refractivity contribution in [3.8, 4) is 17.0 Å². The molecule has 0 saturated carbocycles. The maximum atomic E-state index is 11.9. The van der Waals surface area contributed by atoms with Crippen LogP contribution in [-0.2, 0) is 6.54 Å². The summed E-state index contributed by atoms with van der Waals surface area (Å²) in [5.74, 6) is 0.785. The number of aromatic nitrogens is 3. The molecule has 26 heavy (non-hydrogen) atoms. The molecule has 0 aliphatic rings. The molecule has 7 heteroatoms. The van der Waals surface area contributed by atoms with Crippen LogP contribution in [0.3, 0.4) is 0 Å². The van der Waals surface area contributed by atoms with Gasteiger partial charge < -0.3 is 16.2 Å². The fourth-order valence-corrected chi connectivity index (χ4v) is 2.89. The number of primary amides is 1. The fraction of sp³-hybridized carbons (Fsp3) is 0.316. The lowest BCUT2D eigenvalue weighted by molar-refractivity contribution is 0.100. The highest BCUT2D eigenvalue weighted by Crippen LogP contribution is 2.30. The van der Waals surface area contributed by atoms with E-state index in [2.05, 4.69) is 23.9 Å². The topological polar surface area (TPSA) is 109 Å². The molecule has 4 N–H and O–H groups in total. The Kier molecular flexibility index (Phi) is 4.79. The molecule has 0 atom stereocenters. The first-order chi connectivity index (χ1) is 12.4. The molecular weight excluding hydrogens is 330 g/mol. The van der Waals surface area contributed by atoms with Gasteiger partial charge in [0.15, 0.2) is 0 Å². The minimum atomic E-state index is -0.598. The summed E-state index contributed by atoms with van der Waals surface area (Å²) in [6.45, 7) is 7.24. The van der Waals surface area contributed by atoms with Crippen LogP contribution >= 0.6 is 0 Å². The van der Waals surface area contributed by atoms with Crippen molar-refractivity contribution in [2.45, 2.75) is 27.3 Å². The third kappa shape index (κ3) is 3.33. The molecule has 3 aromatic rings. The predicted molar refractivity (Wildman–Crippen MR) is 102 cm³/mol. The van der Waals surface area contributed by atoms with E-state index in [1.165, 1.54) is 0 Å². The Labute approximate surface area is 152 Å². The molecule has 0 bridgehead atoms. The van der Waals surface area contributed by atoms with Gasteiger partial charge in [0.25, 0.3) is 5.91 Å². The maximum absolute atomic E-state index is 11.9. The van der Waals surface area contributed by atoms with Crippen LogP contribution in [-0.4, -0.2) is 27.3 Å². The van der Waals surface area contributed by atoms with Crippen molar-refractivity contribution in [2.24, 2.45) is 11.7 Å². The van der Waals surface area contributed by atoms with E-state index in [0.29, 0.717) is 30.3 Å². The number of pyridine rings is 1. The molecule has 0 spiro atoms. The molecule has 7 nitrogen and oxygen atoms in total. The van der Waals surface area contributed by atoms with Crippen LogP contribution in [0.2, 0.25) is 0 Å². The normalized spacial score (nSPS) is 11.2. The monoisotopic (exact) mass is 353 g/mol. The second kappa shape index (κ2) is 7.03. The zero-order valence-electron chi connectivity index (χ0n) is 15.2. The second-order valence-corrected chi connectivity index (χ2v) is 6.56. The second-order valence-electron chi connectivity index (χ2n) is 6.56. The molecule has 0 aliphatic heterocycles. The van der Waals surface area contributed by atoms with Crippen LogP contribution in [0.15, 0.2) is 30.5 Å². The molecule has 0 saturated heterocycles. The zero-order chi connectivity index (χ0) is 18.8. The lowest BCUT2D eigenvalue weighted by Crippen LogP contribution is -2.15. The van der Waals surface area contributed by atoms with Gasteiger partial charge in [0, 0.05) is 29.8 Å². The fourth-order valence-electron chi connectivity index (χ4n) is 2.89. The Bertz CT molecular complexity index is 962. The average molecular weight is 353 g/mol. The minimum absolute atomic E-state index is 0.234. The van der Waals surface area contributed by atoms with Crippen molar-refractivity contribution < 1.29 is 9.53 Å². The molecule has 2 heterocycles. The number of nitrogen functional groups attached to an aromatic ring is 1. The summed E-state index contributed by atoms with van der Waals surface area (Å²) in [5, 5.41) is 5.44. The number of carbonyl (C=O) groups excluding carboxylic acids is 1. The summed E-state index contributed by atoms with van der Waals surface area (Å²) < 4.78 is 7.13. The van der Waals surface area contributed by atoms with E-state index in [1.807, 2.05) is 31.2 Å². The van der Waals surface area contributed by atoms with Gasteiger partial charge in [-0.3, -0.25) is 9.78 Å². The highest BCUT2D eigenvalue weighted by molar-refractivity contribution is 6.03. The van der Waals surface area contributed by atoms with Gasteiger partial charge in [0.05, 0.1) is 12.1 Å². The number of benzene rings is 1. The Morgan fingerprint density at radius 1 is 1.31 bits per heavy atom. The molecule has 2 aromatic heterocycles. The maximum Gasteiger partial charge on any atom is 0.254 e. The SMILES string of the molecule is CCOc1ccc2cc(-c3nn(CC(C)C)c(N)c3C(N)=O)cnc2c1. The Morgan fingerprint density at radius 3 is 2.73 bits per heavy atom. The Morgan fingerprint density at radius 2 is 2.08 bits per heavy atom. The summed E-state index contributed by atoms with van der Waals surface area (Å²) in [5.41, 5.74) is 13.9. The summed E-state index contributed by atoms with van der Waals surface area (Å²) in [4.78, 5) is 16.4. The van der Waals surface area contributed by atoms with Crippen molar-refractivity contribution in [1.29, 1.82) is 0 Å². The number of rotatable bonds is 6. The van der Waals surface area contributed by atoms with Gasteiger partial charge in [-0.2, -0.15) is 5.10 Å². The van der Waals surface area contributed by atoms with Crippen LogP contribution in [0, 0.1) is 5.92 Å². The average Bonchev–Trinajstić information content (AvgIpc) is 2.91. The van der Waals surface area contributed by atoms with Crippen LogP contribution in [0.4, 0.5) is 5.82 Å². The molecule has 0 radical (unpaired) electrons. The van der Waals surface area contributed by atoms with E-state index in [4.69, 9.17) is 16.2 Å². The number of hydrogen-bond donors (Lipinski definition) is 2. The third-order valence-electron chi connectivity index (χ3n) is 4.02. The summed E-state index contributed by atoms with van der Waals surface area (Å²) in [7, 11) is 0. The molecule has 1 amide bonds. The van der Waals surface area contributed by atoms with E-state index in [0.717, 1.165) is 16.7 Å². The lowest BCUT2D eigenvalue weighted by Gasteiger charge is -2.06. The number of ether oxygens (including phenoxy) is 1. The molecule has 3 rings (SSSR count). The van der Waals surface area contributed by atoms with Crippen molar-refractivity contribution in [3.05, 3.63) is 36.0 Å². The molecular formula is C19H23N5O2. The van der Waals surface area contributed by atoms with Gasteiger partial charge in [-0.25, -0.2) is 4.68 Å². The molecule has 1 aromatic carbocycles. The highest BCUT2D eigenvalue weighted by Gasteiger charge is 2.22. The first-order valence-corrected chi connectivity index (χ1v) is 8.59. The van der Waals surface area contributed by atoms with Crippen LogP contribution in [0.1, 0.15) is 31.1 Å². The van der Waals surface area contributed by atoms with Crippen LogP contribution in [0.25, 0.3) is 22.2 Å². The van der Waals surface area contributed by atoms with Crippen molar-refractivity contribution in [2.75, 3.05) is 12.3 Å². The standard InChI is InChI=1S/C19H23N5O2/c1-4-26-14-6-5-12-7-13(9-22-15(12)8-14)17-16(19(21)25)18(20)24(23-17)10-11(2)3/h5-9,11H,4,10,20H2,1-3H3,(H2,21,25). The minimum Gasteiger partial charge on any atom is -0.494 e. The number of amides is 1. The smallest absolute Gasteiger partial charge is 0.254 e. The Hall–Kier alpha value is -3.09. The van der Waals surface area contributed by atoms with Gasteiger partial charge in [0.1, 0.15) is 22.8 Å². The summed E-state index contributed by atoms with van der Waals surface area (Å²) >= 11 is 0. The van der Waals surface area contributed by atoms with Gasteiger partial charge in [-0.15, -0.1) is 0 Å². The van der Waals surface area contributed by atoms with E-state index in [9.17, 15) is 4.79 Å². The third-order valence-corrected chi connectivity index (χ3v) is 4.02. The summed E-state index contributed by atoms with van der Waals surface area (Å²) in [6, 6.07) is 7.61. The molecule has 0 aliphatic carbocycles. The van der Waals surface area contributed by atoms with Crippen LogP contribution in [0.5, 0.6) is 5.75 Å². The van der Waals surface area contributed by atoms with Crippen LogP contribution < -0.4 is 16.2 Å². The number of hydrogen-bond acceptors (Lipinski definition) is 5. The van der Waals surface area contributed by atoms with Crippen molar-refractivity contribution in [3.63, 3.8) is 0 Å². The Balaban J connectivity index is 2.10. The number of fused-ring (bicyclic) bond motifs is 1. The van der Waals surface area contributed by atoms with E-state index < -0.39 is 5.91 Å². The lowest BCUT2D eigenvalue weighted by atomic mass is 10.1. The summed E-state index contributed by atoms with van der Waals surface area (Å²) in [6.07, 6.45) is 1.67. The first kappa shape index (κ1) is 17.7. The number of carbonyl (C=O) groups is 1. The van der Waals surface area contributed by atoms with E-state index in [-0.39, 0.29) is 11.4 Å². The predicted octanol–water partition coefficient (Wildman–Crippen LogP) is 2.83. The van der Waals surface area contributed by atoms with Gasteiger partial charge in [0.2, 0.25) is 0 Å². The quantitative estimate of drug-likeness (QED) is 0.708. The number of nitrogens with zero attached hydrogens (tertiary/aromatic N) is 3. The highest BCUT2D eigenvalue weighted by atomic mass is 16.5.